The largest absolute Gasteiger partial charge is 0.434 e. The van der Waals surface area contributed by atoms with Crippen molar-refractivity contribution >= 4 is 39.9 Å². The molecule has 4 nitrogen and oxygen atoms in total. The molecule has 0 amide bonds. The SMILES string of the molecule is FC(F)(F)c1nc(NCCN2CCc3c([nH]c4ccc(Cl)cc34)C2)ccc1Cl. The molecule has 0 atom stereocenters. The lowest BCUT2D eigenvalue weighted by molar-refractivity contribution is -0.141. The highest BCUT2D eigenvalue weighted by Crippen LogP contribution is 2.34. The smallest absolute Gasteiger partial charge is 0.369 e. The number of halogens is 5. The maximum Gasteiger partial charge on any atom is 0.434 e. The number of pyridine rings is 1. The van der Waals surface area contributed by atoms with Crippen LogP contribution in [0.2, 0.25) is 10.0 Å². The summed E-state index contributed by atoms with van der Waals surface area (Å²) in [4.78, 5) is 9.28. The van der Waals surface area contributed by atoms with Gasteiger partial charge in [-0.1, -0.05) is 23.2 Å². The van der Waals surface area contributed by atoms with Crippen LogP contribution in [0.5, 0.6) is 0 Å². The Hall–Kier alpha value is -1.96. The molecule has 2 aromatic heterocycles. The predicted molar refractivity (Wildman–Crippen MR) is 105 cm³/mol. The molecule has 1 aliphatic rings. The van der Waals surface area contributed by atoms with E-state index >= 15 is 0 Å². The average molecular weight is 429 g/mol. The van der Waals surface area contributed by atoms with Gasteiger partial charge in [0.2, 0.25) is 0 Å². The second-order valence-corrected chi connectivity index (χ2v) is 7.59. The second-order valence-electron chi connectivity index (χ2n) is 6.75. The van der Waals surface area contributed by atoms with Crippen LogP contribution >= 0.6 is 23.2 Å². The third kappa shape index (κ3) is 3.92. The maximum atomic E-state index is 12.9. The maximum absolute atomic E-state index is 12.9. The van der Waals surface area contributed by atoms with E-state index in [2.05, 4.69) is 20.2 Å². The molecule has 0 aliphatic carbocycles. The summed E-state index contributed by atoms with van der Waals surface area (Å²) in [5, 5.41) is 4.42. The van der Waals surface area contributed by atoms with E-state index < -0.39 is 16.9 Å². The number of nitrogens with zero attached hydrogens (tertiary/aromatic N) is 2. The van der Waals surface area contributed by atoms with Gasteiger partial charge < -0.3 is 10.3 Å². The zero-order chi connectivity index (χ0) is 19.9. The summed E-state index contributed by atoms with van der Waals surface area (Å²) in [6.45, 7) is 2.79. The minimum absolute atomic E-state index is 0.162. The molecular weight excluding hydrogens is 412 g/mol. The summed E-state index contributed by atoms with van der Waals surface area (Å²) >= 11 is 11.7. The minimum Gasteiger partial charge on any atom is -0.369 e. The number of aromatic nitrogens is 2. The lowest BCUT2D eigenvalue weighted by atomic mass is 10.0. The Labute approximate surface area is 169 Å². The van der Waals surface area contributed by atoms with E-state index in [9.17, 15) is 13.2 Å². The molecule has 0 spiro atoms. The number of fused-ring (bicyclic) bond motifs is 3. The summed E-state index contributed by atoms with van der Waals surface area (Å²) in [7, 11) is 0. The van der Waals surface area contributed by atoms with Crippen molar-refractivity contribution in [2.75, 3.05) is 25.0 Å². The normalized spacial score (nSPS) is 15.0. The topological polar surface area (TPSA) is 44.0 Å². The molecule has 0 saturated carbocycles. The van der Waals surface area contributed by atoms with Gasteiger partial charge in [-0.25, -0.2) is 4.98 Å². The first-order valence-electron chi connectivity index (χ1n) is 8.80. The van der Waals surface area contributed by atoms with E-state index in [-0.39, 0.29) is 5.82 Å². The van der Waals surface area contributed by atoms with Crippen molar-refractivity contribution in [2.45, 2.75) is 19.1 Å². The molecule has 9 heteroatoms. The van der Waals surface area contributed by atoms with Gasteiger partial charge >= 0.3 is 6.18 Å². The molecule has 4 rings (SSSR count). The van der Waals surface area contributed by atoms with E-state index in [0.29, 0.717) is 13.1 Å². The zero-order valence-electron chi connectivity index (χ0n) is 14.7. The highest BCUT2D eigenvalue weighted by Gasteiger charge is 2.35. The first-order chi connectivity index (χ1) is 13.3. The standard InChI is InChI=1S/C19H17Cl2F3N4/c20-11-1-3-15-13(9-11)12-5-7-28(10-16(12)26-15)8-6-25-17-4-2-14(21)18(27-17)19(22,23)24/h1-4,9,26H,5-8,10H2,(H,25,27). The van der Waals surface area contributed by atoms with Gasteiger partial charge in [0.25, 0.3) is 0 Å². The van der Waals surface area contributed by atoms with Crippen LogP contribution in [0.15, 0.2) is 30.3 Å². The van der Waals surface area contributed by atoms with E-state index in [4.69, 9.17) is 23.2 Å². The van der Waals surface area contributed by atoms with Crippen molar-refractivity contribution in [1.29, 1.82) is 0 Å². The molecular formula is C19H17Cl2F3N4. The number of H-pyrrole nitrogens is 1. The molecule has 0 fully saturated rings. The highest BCUT2D eigenvalue weighted by atomic mass is 35.5. The van der Waals surface area contributed by atoms with Crippen LogP contribution in [0.25, 0.3) is 10.9 Å². The fourth-order valence-corrected chi connectivity index (χ4v) is 3.93. The van der Waals surface area contributed by atoms with Crippen LogP contribution in [0.1, 0.15) is 17.0 Å². The number of nitrogens with one attached hydrogen (secondary N) is 2. The Bertz CT molecular complexity index is 1020. The lowest BCUT2D eigenvalue weighted by Gasteiger charge is -2.27. The van der Waals surface area contributed by atoms with Gasteiger partial charge in [-0.05, 0) is 42.3 Å². The highest BCUT2D eigenvalue weighted by molar-refractivity contribution is 6.31. The predicted octanol–water partition coefficient (Wildman–Crippen LogP) is 5.36. The molecule has 148 valence electrons. The number of benzene rings is 1. The molecule has 3 heterocycles. The van der Waals surface area contributed by atoms with E-state index in [1.807, 2.05) is 18.2 Å². The van der Waals surface area contributed by atoms with Crippen LogP contribution in [0.4, 0.5) is 19.0 Å². The number of rotatable bonds is 4. The first-order valence-corrected chi connectivity index (χ1v) is 9.56. The first kappa shape index (κ1) is 19.4. The van der Waals surface area contributed by atoms with E-state index in [1.54, 1.807) is 0 Å². The van der Waals surface area contributed by atoms with Crippen molar-refractivity contribution in [3.05, 3.63) is 57.3 Å². The quantitative estimate of drug-likeness (QED) is 0.587. The lowest BCUT2D eigenvalue weighted by Crippen LogP contribution is -2.34. The molecule has 0 bridgehead atoms. The van der Waals surface area contributed by atoms with Gasteiger partial charge in [0.15, 0.2) is 5.69 Å². The number of anilines is 1. The summed E-state index contributed by atoms with van der Waals surface area (Å²) in [6, 6.07) is 8.48. The van der Waals surface area contributed by atoms with Crippen molar-refractivity contribution in [2.24, 2.45) is 0 Å². The molecule has 28 heavy (non-hydrogen) atoms. The fraction of sp³-hybridized carbons (Fsp3) is 0.316. The number of aromatic amines is 1. The second kappa shape index (κ2) is 7.46. The van der Waals surface area contributed by atoms with Crippen LogP contribution in [-0.2, 0) is 19.1 Å². The minimum atomic E-state index is -4.57. The Morgan fingerprint density at radius 3 is 2.79 bits per heavy atom. The van der Waals surface area contributed by atoms with Crippen molar-refractivity contribution in [1.82, 2.24) is 14.9 Å². The summed E-state index contributed by atoms with van der Waals surface area (Å²) in [6.07, 6.45) is -3.68. The Kier molecular flexibility index (Phi) is 5.16. The van der Waals surface area contributed by atoms with Gasteiger partial charge in [-0.3, -0.25) is 4.90 Å². The molecule has 3 aromatic rings. The van der Waals surface area contributed by atoms with Gasteiger partial charge in [0.1, 0.15) is 5.82 Å². The number of alkyl halides is 3. The van der Waals surface area contributed by atoms with Crippen LogP contribution in [-0.4, -0.2) is 34.5 Å². The van der Waals surface area contributed by atoms with Gasteiger partial charge in [0.05, 0.1) is 5.02 Å². The zero-order valence-corrected chi connectivity index (χ0v) is 16.2. The van der Waals surface area contributed by atoms with Crippen LogP contribution in [0.3, 0.4) is 0 Å². The summed E-state index contributed by atoms with van der Waals surface area (Å²) < 4.78 is 38.7. The van der Waals surface area contributed by atoms with Crippen molar-refractivity contribution in [3.8, 4) is 0 Å². The molecule has 0 saturated heterocycles. The van der Waals surface area contributed by atoms with Crippen LogP contribution in [0, 0.1) is 0 Å². The molecule has 1 aromatic carbocycles. The molecule has 0 radical (unpaired) electrons. The number of hydrogen-bond donors (Lipinski definition) is 2. The fourth-order valence-electron chi connectivity index (χ4n) is 3.54. The Morgan fingerprint density at radius 2 is 2.00 bits per heavy atom. The third-order valence-corrected chi connectivity index (χ3v) is 5.41. The molecule has 1 aliphatic heterocycles. The Balaban J connectivity index is 1.39. The number of hydrogen-bond acceptors (Lipinski definition) is 3. The monoisotopic (exact) mass is 428 g/mol. The molecule has 2 N–H and O–H groups in total. The third-order valence-electron chi connectivity index (χ3n) is 4.86. The van der Waals surface area contributed by atoms with E-state index in [1.165, 1.54) is 17.7 Å². The van der Waals surface area contributed by atoms with Crippen molar-refractivity contribution in [3.63, 3.8) is 0 Å². The van der Waals surface area contributed by atoms with Crippen LogP contribution < -0.4 is 5.32 Å². The van der Waals surface area contributed by atoms with Crippen molar-refractivity contribution < 1.29 is 13.2 Å². The van der Waals surface area contributed by atoms with E-state index in [0.717, 1.165) is 41.1 Å². The van der Waals surface area contributed by atoms with Gasteiger partial charge in [-0.15, -0.1) is 0 Å². The van der Waals surface area contributed by atoms with Gasteiger partial charge in [-0.2, -0.15) is 13.2 Å². The van der Waals surface area contributed by atoms with Gasteiger partial charge in [0, 0.05) is 47.8 Å². The Morgan fingerprint density at radius 1 is 1.18 bits per heavy atom. The summed E-state index contributed by atoms with van der Waals surface area (Å²) in [5.41, 5.74) is 2.45. The average Bonchev–Trinajstić information content (AvgIpc) is 2.99. The molecule has 0 unspecified atom stereocenters. The summed E-state index contributed by atoms with van der Waals surface area (Å²) in [5.74, 6) is 0.162.